The fraction of sp³-hybridized carbons (Fsp3) is 0.188. The summed E-state index contributed by atoms with van der Waals surface area (Å²) in [4.78, 5) is 12.1. The van der Waals surface area contributed by atoms with Gasteiger partial charge in [-0.05, 0) is 24.1 Å². The van der Waals surface area contributed by atoms with Crippen molar-refractivity contribution >= 4 is 11.6 Å². The largest absolute Gasteiger partial charge is 0.495 e. The molecule has 0 saturated heterocycles. The van der Waals surface area contributed by atoms with E-state index >= 15 is 0 Å². The third-order valence-corrected chi connectivity index (χ3v) is 3.00. The van der Waals surface area contributed by atoms with Crippen LogP contribution in [0.25, 0.3) is 0 Å². The molecule has 0 saturated carbocycles. The van der Waals surface area contributed by atoms with Gasteiger partial charge >= 0.3 is 0 Å². The number of carbonyl (C=O) groups excluding carboxylic acids is 1. The van der Waals surface area contributed by atoms with Crippen molar-refractivity contribution in [2.45, 2.75) is 12.5 Å². The van der Waals surface area contributed by atoms with E-state index in [2.05, 4.69) is 5.32 Å². The van der Waals surface area contributed by atoms with E-state index in [9.17, 15) is 4.79 Å². The lowest BCUT2D eigenvalue weighted by molar-refractivity contribution is -0.117. The third kappa shape index (κ3) is 3.59. The van der Waals surface area contributed by atoms with Gasteiger partial charge in [-0.25, -0.2) is 0 Å². The lowest BCUT2D eigenvalue weighted by atomic mass is 10.1. The number of methoxy groups -OCH3 is 1. The van der Waals surface area contributed by atoms with Gasteiger partial charge in [0.1, 0.15) is 5.75 Å². The van der Waals surface area contributed by atoms with E-state index in [4.69, 9.17) is 10.5 Å². The number of para-hydroxylation sites is 2. The molecule has 0 aliphatic rings. The summed E-state index contributed by atoms with van der Waals surface area (Å²) in [7, 11) is 1.56. The average molecular weight is 270 g/mol. The van der Waals surface area contributed by atoms with Crippen LogP contribution in [0.5, 0.6) is 5.75 Å². The predicted octanol–water partition coefficient (Wildman–Crippen LogP) is 2.20. The van der Waals surface area contributed by atoms with Crippen molar-refractivity contribution < 1.29 is 9.53 Å². The highest BCUT2D eigenvalue weighted by atomic mass is 16.5. The molecule has 0 heterocycles. The molecule has 2 aromatic rings. The first-order valence-electron chi connectivity index (χ1n) is 6.44. The smallest absolute Gasteiger partial charge is 0.241 e. The minimum Gasteiger partial charge on any atom is -0.495 e. The molecule has 20 heavy (non-hydrogen) atoms. The number of hydrogen-bond donors (Lipinski definition) is 2. The van der Waals surface area contributed by atoms with E-state index in [0.29, 0.717) is 17.9 Å². The van der Waals surface area contributed by atoms with Crippen molar-refractivity contribution in [1.82, 2.24) is 0 Å². The minimum absolute atomic E-state index is 0.224. The molecule has 0 aromatic heterocycles. The van der Waals surface area contributed by atoms with Crippen molar-refractivity contribution in [1.29, 1.82) is 0 Å². The number of benzene rings is 2. The Morgan fingerprint density at radius 3 is 2.50 bits per heavy atom. The molecule has 4 heteroatoms. The number of amides is 1. The van der Waals surface area contributed by atoms with Gasteiger partial charge in [0.2, 0.25) is 5.91 Å². The van der Waals surface area contributed by atoms with Gasteiger partial charge in [0, 0.05) is 0 Å². The zero-order valence-corrected chi connectivity index (χ0v) is 11.4. The molecule has 0 bridgehead atoms. The molecule has 0 aliphatic carbocycles. The van der Waals surface area contributed by atoms with Gasteiger partial charge in [0.05, 0.1) is 18.8 Å². The highest BCUT2D eigenvalue weighted by Crippen LogP contribution is 2.23. The minimum atomic E-state index is -0.595. The second kappa shape index (κ2) is 6.73. The summed E-state index contributed by atoms with van der Waals surface area (Å²) >= 11 is 0. The molecule has 0 aliphatic heterocycles. The lowest BCUT2D eigenvalue weighted by Crippen LogP contribution is -2.37. The first-order valence-corrected chi connectivity index (χ1v) is 6.44. The highest BCUT2D eigenvalue weighted by molar-refractivity contribution is 5.96. The summed E-state index contributed by atoms with van der Waals surface area (Å²) in [6.07, 6.45) is 0.502. The molecule has 1 unspecified atom stereocenters. The Kier molecular flexibility index (Phi) is 4.74. The fourth-order valence-corrected chi connectivity index (χ4v) is 1.93. The summed E-state index contributed by atoms with van der Waals surface area (Å²) < 4.78 is 5.19. The second-order valence-electron chi connectivity index (χ2n) is 4.49. The van der Waals surface area contributed by atoms with Crippen molar-refractivity contribution in [2.75, 3.05) is 12.4 Å². The Bertz CT molecular complexity index is 570. The first kappa shape index (κ1) is 14.1. The Balaban J connectivity index is 2.01. The summed E-state index contributed by atoms with van der Waals surface area (Å²) in [6.45, 7) is 0. The van der Waals surface area contributed by atoms with Gasteiger partial charge < -0.3 is 15.8 Å². The number of nitrogens with one attached hydrogen (secondary N) is 1. The van der Waals surface area contributed by atoms with E-state index in [1.807, 2.05) is 42.5 Å². The molecule has 1 atom stereocenters. The van der Waals surface area contributed by atoms with Crippen LogP contribution in [0.15, 0.2) is 54.6 Å². The molecule has 4 nitrogen and oxygen atoms in total. The van der Waals surface area contributed by atoms with Crippen molar-refractivity contribution in [3.05, 3.63) is 60.2 Å². The molecule has 0 spiro atoms. The molecule has 0 radical (unpaired) electrons. The van der Waals surface area contributed by atoms with Gasteiger partial charge in [-0.3, -0.25) is 4.79 Å². The topological polar surface area (TPSA) is 64.3 Å². The van der Waals surface area contributed by atoms with E-state index in [0.717, 1.165) is 5.56 Å². The third-order valence-electron chi connectivity index (χ3n) is 3.00. The van der Waals surface area contributed by atoms with Crippen LogP contribution >= 0.6 is 0 Å². The summed E-state index contributed by atoms with van der Waals surface area (Å²) in [5.41, 5.74) is 7.60. The Hall–Kier alpha value is -2.33. The van der Waals surface area contributed by atoms with Crippen LogP contribution in [0, 0.1) is 0 Å². The molecule has 0 fully saturated rings. The summed E-state index contributed by atoms with van der Waals surface area (Å²) in [6, 6.07) is 16.4. The highest BCUT2D eigenvalue weighted by Gasteiger charge is 2.15. The zero-order chi connectivity index (χ0) is 14.4. The van der Waals surface area contributed by atoms with Crippen LogP contribution in [-0.2, 0) is 11.2 Å². The Labute approximate surface area is 118 Å². The van der Waals surface area contributed by atoms with Crippen LogP contribution in [0.2, 0.25) is 0 Å². The van der Waals surface area contributed by atoms with Gasteiger partial charge in [-0.1, -0.05) is 42.5 Å². The molecule has 104 valence electrons. The SMILES string of the molecule is COc1ccccc1NC(=O)C(N)Cc1ccccc1. The first-order chi connectivity index (χ1) is 9.70. The Morgan fingerprint density at radius 1 is 1.15 bits per heavy atom. The van der Waals surface area contributed by atoms with E-state index < -0.39 is 6.04 Å². The number of rotatable bonds is 5. The molecular weight excluding hydrogens is 252 g/mol. The van der Waals surface area contributed by atoms with Gasteiger partial charge in [-0.2, -0.15) is 0 Å². The maximum absolute atomic E-state index is 12.1. The van der Waals surface area contributed by atoms with Crippen LogP contribution in [0.3, 0.4) is 0 Å². The normalized spacial score (nSPS) is 11.7. The second-order valence-corrected chi connectivity index (χ2v) is 4.49. The van der Waals surface area contributed by atoms with E-state index in [1.165, 1.54) is 0 Å². The van der Waals surface area contributed by atoms with Gasteiger partial charge in [-0.15, -0.1) is 0 Å². The Morgan fingerprint density at radius 2 is 1.80 bits per heavy atom. The zero-order valence-electron chi connectivity index (χ0n) is 11.4. The van der Waals surface area contributed by atoms with Crippen molar-refractivity contribution in [3.63, 3.8) is 0 Å². The average Bonchev–Trinajstić information content (AvgIpc) is 2.48. The summed E-state index contributed by atoms with van der Waals surface area (Å²) in [5, 5.41) is 2.79. The maximum atomic E-state index is 12.1. The van der Waals surface area contributed by atoms with Gasteiger partial charge in [0.25, 0.3) is 0 Å². The quantitative estimate of drug-likeness (QED) is 0.875. The number of hydrogen-bond acceptors (Lipinski definition) is 3. The molecule has 1 amide bonds. The molecular formula is C16H18N2O2. The van der Waals surface area contributed by atoms with Gasteiger partial charge in [0.15, 0.2) is 0 Å². The molecule has 3 N–H and O–H groups in total. The fourth-order valence-electron chi connectivity index (χ4n) is 1.93. The van der Waals surface area contributed by atoms with Crippen LogP contribution in [0.4, 0.5) is 5.69 Å². The number of anilines is 1. The summed E-state index contributed by atoms with van der Waals surface area (Å²) in [5.74, 6) is 0.395. The molecule has 2 aromatic carbocycles. The lowest BCUT2D eigenvalue weighted by Gasteiger charge is -2.14. The monoisotopic (exact) mass is 270 g/mol. The van der Waals surface area contributed by atoms with Crippen molar-refractivity contribution in [2.24, 2.45) is 5.73 Å². The number of ether oxygens (including phenoxy) is 1. The standard InChI is InChI=1S/C16H18N2O2/c1-20-15-10-6-5-9-14(15)18-16(19)13(17)11-12-7-3-2-4-8-12/h2-10,13H,11,17H2,1H3,(H,18,19). The number of carbonyl (C=O) groups is 1. The molecule has 2 rings (SSSR count). The van der Waals surface area contributed by atoms with Crippen molar-refractivity contribution in [3.8, 4) is 5.75 Å². The van der Waals surface area contributed by atoms with E-state index in [1.54, 1.807) is 19.2 Å². The maximum Gasteiger partial charge on any atom is 0.241 e. The van der Waals surface area contributed by atoms with Crippen LogP contribution in [0.1, 0.15) is 5.56 Å². The van der Waals surface area contributed by atoms with E-state index in [-0.39, 0.29) is 5.91 Å². The predicted molar refractivity (Wildman–Crippen MR) is 79.7 cm³/mol. The van der Waals surface area contributed by atoms with Crippen LogP contribution in [-0.4, -0.2) is 19.1 Å². The number of nitrogens with two attached hydrogens (primary N) is 1. The van der Waals surface area contributed by atoms with Crippen LogP contribution < -0.4 is 15.8 Å².